The first kappa shape index (κ1) is 54.5. The second-order valence-corrected chi connectivity index (χ2v) is 21.3. The minimum absolute atomic E-state index is 0.0108. The zero-order valence-electron chi connectivity index (χ0n) is 41.4. The maximum Gasteiger partial charge on any atom is 0.407 e. The van der Waals surface area contributed by atoms with Crippen LogP contribution in [0, 0.1) is 34.3 Å². The van der Waals surface area contributed by atoms with Crippen LogP contribution in [0.1, 0.15) is 89.5 Å². The number of aliphatic hydroxyl groups excluding tert-OH is 1. The Kier molecular flexibility index (Phi) is 18.1. The van der Waals surface area contributed by atoms with Crippen LogP contribution in [0.5, 0.6) is 0 Å². The molecule has 2 unspecified atom stereocenters. The first-order valence-electron chi connectivity index (χ1n) is 23.7. The van der Waals surface area contributed by atoms with Crippen LogP contribution in [-0.2, 0) is 41.6 Å². The fourth-order valence-corrected chi connectivity index (χ4v) is 9.45. The predicted molar refractivity (Wildman–Crippen MR) is 263 cm³/mol. The van der Waals surface area contributed by atoms with Crippen LogP contribution in [-0.4, -0.2) is 133 Å². The molecule has 0 saturated carbocycles. The van der Waals surface area contributed by atoms with Crippen molar-refractivity contribution < 1.29 is 52.1 Å². The highest BCUT2D eigenvalue weighted by Gasteiger charge is 2.45. The lowest BCUT2D eigenvalue weighted by atomic mass is 9.85. The maximum absolute atomic E-state index is 15.4. The van der Waals surface area contributed by atoms with Crippen LogP contribution >= 0.6 is 15.9 Å². The number of anilines is 1. The Morgan fingerprint density at radius 3 is 1.93 bits per heavy atom. The Bertz CT molecular complexity index is 2420. The summed E-state index contributed by atoms with van der Waals surface area (Å²) in [5.41, 5.74) is 2.49. The third-order valence-electron chi connectivity index (χ3n) is 12.8. The first-order valence-corrected chi connectivity index (χ1v) is 24.5. The second-order valence-electron chi connectivity index (χ2n) is 20.4. The molecule has 3 aromatic rings. The monoisotopic (exact) mass is 1050 g/mol. The predicted octanol–water partition coefficient (Wildman–Crippen LogP) is 5.34. The van der Waals surface area contributed by atoms with Gasteiger partial charge >= 0.3 is 12.2 Å². The van der Waals surface area contributed by atoms with Gasteiger partial charge in [-0.25, -0.2) is 28.4 Å². The van der Waals surface area contributed by atoms with Crippen LogP contribution in [0.25, 0.3) is 0 Å². The lowest BCUT2D eigenvalue weighted by molar-refractivity contribution is -0.144. The summed E-state index contributed by atoms with van der Waals surface area (Å²) in [5, 5.41) is 21.1. The van der Waals surface area contributed by atoms with Gasteiger partial charge < -0.3 is 45.1 Å². The molecule has 20 heteroatoms. The van der Waals surface area contributed by atoms with Gasteiger partial charge in [0.05, 0.1) is 26.4 Å². The zero-order valence-corrected chi connectivity index (χ0v) is 43.0. The highest BCUT2D eigenvalue weighted by molar-refractivity contribution is 9.10. The quantitative estimate of drug-likeness (QED) is 0.0967. The number of ether oxygens (including phenoxy) is 3. The van der Waals surface area contributed by atoms with Gasteiger partial charge in [0.1, 0.15) is 35.6 Å². The number of nitrogens with zero attached hydrogens (tertiary/aromatic N) is 4. The number of hydrogen-bond donors (Lipinski definition) is 5. The molecule has 5 amide bonds. The SMILES string of the molecule is COC(=O)N[C@H](C(=O)N[C@@H](Cc1ccc(C#Cc2ccc(N3CC4CCC(C3)N4C(=O)[C@@H]3CCCO3)nc2)cc1)[C@@H](O)CN(Cc1c(F)cc(Br)cc1F)NC(=O)[C@@H](NC(=O)OC)C(C)(C)C)C(C)(C)C. The molecule has 384 valence electrons. The molecule has 17 nitrogen and oxygen atoms in total. The Balaban J connectivity index is 1.20. The number of pyridine rings is 1. The summed E-state index contributed by atoms with van der Waals surface area (Å²) in [6.45, 7) is 11.3. The summed E-state index contributed by atoms with van der Waals surface area (Å²) >= 11 is 3.09. The van der Waals surface area contributed by atoms with E-state index in [4.69, 9.17) is 19.2 Å². The zero-order chi connectivity index (χ0) is 51.8. The number of carbonyl (C=O) groups is 5. The van der Waals surface area contributed by atoms with Gasteiger partial charge in [-0.3, -0.25) is 19.8 Å². The minimum atomic E-state index is -1.54. The number of hydrazine groups is 1. The molecule has 6 rings (SSSR count). The largest absolute Gasteiger partial charge is 0.453 e. The number of hydrogen-bond acceptors (Lipinski definition) is 12. The fraction of sp³-hybridized carbons (Fsp3) is 0.529. The van der Waals surface area contributed by atoms with Gasteiger partial charge in [-0.2, -0.15) is 0 Å². The van der Waals surface area contributed by atoms with Crippen LogP contribution in [0.15, 0.2) is 59.2 Å². The van der Waals surface area contributed by atoms with Crippen LogP contribution in [0.3, 0.4) is 0 Å². The number of alkyl carbamates (subject to hydrolysis) is 2. The summed E-state index contributed by atoms with van der Waals surface area (Å²) < 4.78 is 46.1. The molecule has 7 atom stereocenters. The van der Waals surface area contributed by atoms with E-state index in [2.05, 4.69) is 58.9 Å². The third kappa shape index (κ3) is 14.4. The molecular formula is C51H65BrF2N8O9. The number of amides is 5. The number of fused-ring (bicyclic) bond motifs is 2. The van der Waals surface area contributed by atoms with E-state index in [1.165, 1.54) is 0 Å². The van der Waals surface area contributed by atoms with Crippen LogP contribution in [0.2, 0.25) is 0 Å². The molecule has 2 aromatic carbocycles. The lowest BCUT2D eigenvalue weighted by Gasteiger charge is -2.42. The van der Waals surface area contributed by atoms with Gasteiger partial charge in [0.15, 0.2) is 0 Å². The fourth-order valence-electron chi connectivity index (χ4n) is 9.05. The van der Waals surface area contributed by atoms with Gasteiger partial charge in [0.25, 0.3) is 11.8 Å². The normalized spacial score (nSPS) is 19.4. The molecule has 71 heavy (non-hydrogen) atoms. The van der Waals surface area contributed by atoms with Gasteiger partial charge in [-0.1, -0.05) is 81.4 Å². The van der Waals surface area contributed by atoms with Crippen molar-refractivity contribution in [3.63, 3.8) is 0 Å². The van der Waals surface area contributed by atoms with Gasteiger partial charge in [0, 0.05) is 72.2 Å². The summed E-state index contributed by atoms with van der Waals surface area (Å²) in [7, 11) is 2.30. The van der Waals surface area contributed by atoms with Gasteiger partial charge in [-0.05, 0) is 84.9 Å². The Hall–Kier alpha value is -5.88. The molecular weight excluding hydrogens is 987 g/mol. The first-order chi connectivity index (χ1) is 33.5. The molecule has 3 aliphatic heterocycles. The molecule has 5 N–H and O–H groups in total. The Labute approximate surface area is 422 Å². The number of halogens is 3. The maximum atomic E-state index is 15.4. The minimum Gasteiger partial charge on any atom is -0.453 e. The molecule has 3 fully saturated rings. The molecule has 0 aliphatic carbocycles. The number of carbonyl (C=O) groups excluding carboxylic acids is 5. The number of benzene rings is 2. The van der Waals surface area contributed by atoms with E-state index >= 15 is 8.78 Å². The Morgan fingerprint density at radius 2 is 1.41 bits per heavy atom. The van der Waals surface area contributed by atoms with Crippen molar-refractivity contribution in [2.45, 2.75) is 123 Å². The highest BCUT2D eigenvalue weighted by atomic mass is 79.9. The number of methoxy groups -OCH3 is 2. The number of nitrogens with one attached hydrogen (secondary N) is 4. The van der Waals surface area contributed by atoms with Gasteiger partial charge in [0.2, 0.25) is 5.91 Å². The number of rotatable bonds is 15. The van der Waals surface area contributed by atoms with Crippen molar-refractivity contribution >= 4 is 51.7 Å². The Morgan fingerprint density at radius 1 is 0.845 bits per heavy atom. The lowest BCUT2D eigenvalue weighted by Crippen LogP contribution is -2.61. The summed E-state index contributed by atoms with van der Waals surface area (Å²) in [4.78, 5) is 74.9. The molecule has 1 aromatic heterocycles. The molecule has 3 saturated heterocycles. The molecule has 3 aliphatic rings. The van der Waals surface area contributed by atoms with E-state index in [1.54, 1.807) is 72.0 Å². The van der Waals surface area contributed by atoms with E-state index < -0.39 is 89.3 Å². The van der Waals surface area contributed by atoms with E-state index in [9.17, 15) is 29.1 Å². The average molecular weight is 1050 g/mol. The number of aliphatic hydroxyl groups is 1. The summed E-state index contributed by atoms with van der Waals surface area (Å²) in [6.07, 6.45) is 1.73. The smallest absolute Gasteiger partial charge is 0.407 e. The summed E-state index contributed by atoms with van der Waals surface area (Å²) in [5.74, 6) is 3.94. The number of aromatic nitrogens is 1. The van der Waals surface area contributed by atoms with Crippen molar-refractivity contribution in [3.8, 4) is 11.8 Å². The molecule has 0 spiro atoms. The van der Waals surface area contributed by atoms with Gasteiger partial charge in [-0.15, -0.1) is 0 Å². The average Bonchev–Trinajstić information content (AvgIpc) is 3.95. The topological polar surface area (TPSA) is 204 Å². The number of piperazine rings is 1. The van der Waals surface area contributed by atoms with Crippen molar-refractivity contribution in [2.24, 2.45) is 10.8 Å². The van der Waals surface area contributed by atoms with Crippen molar-refractivity contribution in [1.82, 2.24) is 36.3 Å². The van der Waals surface area contributed by atoms with E-state index in [0.717, 1.165) is 62.9 Å². The van der Waals surface area contributed by atoms with E-state index in [-0.39, 0.29) is 35.0 Å². The summed E-state index contributed by atoms with van der Waals surface area (Å²) in [6, 6.07) is 9.86. The van der Waals surface area contributed by atoms with Crippen LogP contribution in [0.4, 0.5) is 24.2 Å². The van der Waals surface area contributed by atoms with E-state index in [0.29, 0.717) is 36.4 Å². The second kappa shape index (κ2) is 23.6. The molecule has 0 radical (unpaired) electrons. The molecule has 4 heterocycles. The molecule has 2 bridgehead atoms. The standard InChI is InChI=1S/C51H65BrF2N8O9/c1-50(2,3)43(57-48(67)69-7)45(64)56-39(40(63)29-61(28-36-37(53)23-33(52)24-38(36)54)59-46(65)44(51(4,5)6)58-49(68)70-8)22-31-14-11-30(12-15-31)13-16-32-17-20-42(55-25-32)60-26-34-18-19-35(27-60)62(34)47(66)41-10-9-21-71-41/h11-12,14-15,17,20,23-25,34-35,39-41,43-44,63H,9-10,18-19,21-22,26-29H2,1-8H3,(H,56,64)(H,57,67)(H,58,68)(H,59,65)/t34?,35?,39-,40-,41-,43+,44+/m0/s1. The van der Waals surface area contributed by atoms with Crippen LogP contribution < -0.4 is 26.3 Å². The highest BCUT2D eigenvalue weighted by Crippen LogP contribution is 2.34. The van der Waals surface area contributed by atoms with Crippen molar-refractivity contribution in [3.05, 3.63) is 93.1 Å². The van der Waals surface area contributed by atoms with Crippen molar-refractivity contribution in [1.29, 1.82) is 0 Å². The van der Waals surface area contributed by atoms with Crippen molar-refractivity contribution in [2.75, 3.05) is 45.4 Å². The third-order valence-corrected chi connectivity index (χ3v) is 13.3. The van der Waals surface area contributed by atoms with E-state index in [1.807, 2.05) is 12.1 Å².